The van der Waals surface area contributed by atoms with E-state index in [4.69, 9.17) is 10.5 Å². The van der Waals surface area contributed by atoms with Crippen LogP contribution in [0, 0.1) is 0 Å². The molecule has 2 unspecified atom stereocenters. The molecular weight excluding hydrogens is 220 g/mol. The fraction of sp³-hybridized carbons (Fsp3) is 0.500. The second-order valence-corrected chi connectivity index (χ2v) is 4.79. The molecule has 2 rings (SSSR count). The summed E-state index contributed by atoms with van der Waals surface area (Å²) in [6.45, 7) is 2.52. The molecule has 0 aromatic heterocycles. The highest BCUT2D eigenvalue weighted by Gasteiger charge is 2.22. The van der Waals surface area contributed by atoms with Gasteiger partial charge in [0.25, 0.3) is 0 Å². The van der Waals surface area contributed by atoms with Gasteiger partial charge in [0.15, 0.2) is 0 Å². The van der Waals surface area contributed by atoms with Gasteiger partial charge in [0.2, 0.25) is 0 Å². The van der Waals surface area contributed by atoms with E-state index >= 15 is 0 Å². The predicted molar refractivity (Wildman–Crippen MR) is 67.8 cm³/mol. The summed E-state index contributed by atoms with van der Waals surface area (Å²) in [7, 11) is 0. The maximum atomic E-state index is 6.19. The molecule has 16 heavy (non-hydrogen) atoms. The smallest absolute Gasteiger partial charge is 0.0892 e. The molecule has 1 aliphatic heterocycles. The molecule has 1 fully saturated rings. The molecule has 0 amide bonds. The fourth-order valence-corrected chi connectivity index (χ4v) is 2.27. The molecule has 0 radical (unpaired) electrons. The zero-order valence-electron chi connectivity index (χ0n) is 9.48. The molecule has 1 aromatic rings. The van der Waals surface area contributed by atoms with Crippen molar-refractivity contribution in [3.8, 4) is 0 Å². The van der Waals surface area contributed by atoms with Crippen molar-refractivity contribution in [2.45, 2.75) is 17.0 Å². The zero-order chi connectivity index (χ0) is 11.4. The Morgan fingerprint density at radius 2 is 2.19 bits per heavy atom. The van der Waals surface area contributed by atoms with Crippen LogP contribution in [0.25, 0.3) is 0 Å². The summed E-state index contributed by atoms with van der Waals surface area (Å²) >= 11 is 1.74. The van der Waals surface area contributed by atoms with E-state index in [-0.39, 0.29) is 12.1 Å². The minimum absolute atomic E-state index is 0.0382. The molecule has 2 atom stereocenters. The van der Waals surface area contributed by atoms with Crippen LogP contribution in [0.5, 0.6) is 0 Å². The Morgan fingerprint density at radius 1 is 1.44 bits per heavy atom. The van der Waals surface area contributed by atoms with Crippen LogP contribution < -0.4 is 11.1 Å². The number of nitrogens with two attached hydrogens (primary N) is 1. The van der Waals surface area contributed by atoms with Crippen LogP contribution in [0.15, 0.2) is 29.2 Å². The van der Waals surface area contributed by atoms with Crippen molar-refractivity contribution >= 4 is 11.8 Å². The van der Waals surface area contributed by atoms with Crippen molar-refractivity contribution in [3.05, 3.63) is 29.8 Å². The molecule has 1 aliphatic rings. The van der Waals surface area contributed by atoms with Crippen LogP contribution in [0.2, 0.25) is 0 Å². The minimum Gasteiger partial charge on any atom is -0.374 e. The number of ether oxygens (including phenoxy) is 1. The Labute approximate surface area is 101 Å². The highest BCUT2D eigenvalue weighted by Crippen LogP contribution is 2.21. The van der Waals surface area contributed by atoms with E-state index in [2.05, 4.69) is 35.8 Å². The van der Waals surface area contributed by atoms with Crippen molar-refractivity contribution in [3.63, 3.8) is 0 Å². The Balaban J connectivity index is 2.04. The zero-order valence-corrected chi connectivity index (χ0v) is 10.3. The number of rotatable bonds is 3. The van der Waals surface area contributed by atoms with Crippen molar-refractivity contribution in [2.75, 3.05) is 26.0 Å². The first kappa shape index (κ1) is 11.9. The fourth-order valence-electron chi connectivity index (χ4n) is 1.86. The van der Waals surface area contributed by atoms with Crippen molar-refractivity contribution in [2.24, 2.45) is 5.73 Å². The van der Waals surface area contributed by atoms with Crippen LogP contribution in [-0.2, 0) is 4.74 Å². The summed E-state index contributed by atoms with van der Waals surface area (Å²) in [6.07, 6.45) is 2.16. The highest BCUT2D eigenvalue weighted by atomic mass is 32.2. The average molecular weight is 238 g/mol. The van der Waals surface area contributed by atoms with Gasteiger partial charge in [-0.05, 0) is 24.0 Å². The van der Waals surface area contributed by atoms with E-state index in [1.54, 1.807) is 11.8 Å². The topological polar surface area (TPSA) is 47.3 Å². The molecule has 0 aliphatic carbocycles. The number of benzene rings is 1. The highest BCUT2D eigenvalue weighted by molar-refractivity contribution is 7.98. The molecule has 0 bridgehead atoms. The average Bonchev–Trinajstić information content (AvgIpc) is 2.39. The van der Waals surface area contributed by atoms with E-state index in [9.17, 15) is 0 Å². The lowest BCUT2D eigenvalue weighted by atomic mass is 10.0. The van der Waals surface area contributed by atoms with Crippen molar-refractivity contribution < 1.29 is 4.74 Å². The van der Waals surface area contributed by atoms with Gasteiger partial charge in [0.05, 0.1) is 18.8 Å². The SMILES string of the molecule is CSc1ccc(C(N)C2CNCCO2)cc1. The largest absolute Gasteiger partial charge is 0.374 e. The molecule has 3 nitrogen and oxygen atoms in total. The second-order valence-electron chi connectivity index (χ2n) is 3.91. The van der Waals surface area contributed by atoms with Gasteiger partial charge >= 0.3 is 0 Å². The Hall–Kier alpha value is -0.550. The third-order valence-electron chi connectivity index (χ3n) is 2.86. The number of thioether (sulfide) groups is 1. The lowest BCUT2D eigenvalue weighted by Gasteiger charge is -2.28. The third kappa shape index (κ3) is 2.77. The van der Waals surface area contributed by atoms with Crippen LogP contribution in [0.4, 0.5) is 0 Å². The lowest BCUT2D eigenvalue weighted by Crippen LogP contribution is -2.44. The van der Waals surface area contributed by atoms with E-state index in [1.165, 1.54) is 4.90 Å². The molecule has 0 saturated carbocycles. The van der Waals surface area contributed by atoms with Crippen LogP contribution in [-0.4, -0.2) is 32.1 Å². The Morgan fingerprint density at radius 3 is 2.75 bits per heavy atom. The molecular formula is C12H18N2OS. The second kappa shape index (κ2) is 5.68. The normalized spacial score (nSPS) is 23.0. The van der Waals surface area contributed by atoms with E-state index in [1.807, 2.05) is 0 Å². The predicted octanol–water partition coefficient (Wildman–Crippen LogP) is 1.40. The number of nitrogens with one attached hydrogen (secondary N) is 1. The number of morpholine rings is 1. The van der Waals surface area contributed by atoms with Gasteiger partial charge in [-0.15, -0.1) is 11.8 Å². The Bertz CT molecular complexity index is 322. The molecule has 3 N–H and O–H groups in total. The van der Waals surface area contributed by atoms with Gasteiger partial charge in [-0.1, -0.05) is 12.1 Å². The van der Waals surface area contributed by atoms with Crippen LogP contribution in [0.1, 0.15) is 11.6 Å². The molecule has 1 saturated heterocycles. The summed E-state index contributed by atoms with van der Waals surface area (Å²) in [4.78, 5) is 1.26. The molecule has 1 aromatic carbocycles. The maximum absolute atomic E-state index is 6.19. The van der Waals surface area contributed by atoms with E-state index < -0.39 is 0 Å². The summed E-state index contributed by atoms with van der Waals surface area (Å²) < 4.78 is 5.66. The molecule has 1 heterocycles. The van der Waals surface area contributed by atoms with Gasteiger partial charge in [-0.25, -0.2) is 0 Å². The summed E-state index contributed by atoms with van der Waals surface area (Å²) in [5.41, 5.74) is 7.33. The van der Waals surface area contributed by atoms with Gasteiger partial charge in [0, 0.05) is 18.0 Å². The molecule has 0 spiro atoms. The minimum atomic E-state index is -0.0382. The third-order valence-corrected chi connectivity index (χ3v) is 3.60. The first-order chi connectivity index (χ1) is 7.81. The number of hydrogen-bond acceptors (Lipinski definition) is 4. The Kier molecular flexibility index (Phi) is 4.23. The summed E-state index contributed by atoms with van der Waals surface area (Å²) in [5.74, 6) is 0. The van der Waals surface area contributed by atoms with Crippen LogP contribution >= 0.6 is 11.8 Å². The standard InChI is InChI=1S/C12H18N2OS/c1-16-10-4-2-9(3-5-10)12(13)11-8-14-6-7-15-11/h2-5,11-12,14H,6-8,13H2,1H3. The van der Waals surface area contributed by atoms with Crippen molar-refractivity contribution in [1.82, 2.24) is 5.32 Å². The maximum Gasteiger partial charge on any atom is 0.0892 e. The summed E-state index contributed by atoms with van der Waals surface area (Å²) in [5, 5.41) is 3.30. The van der Waals surface area contributed by atoms with Crippen LogP contribution in [0.3, 0.4) is 0 Å². The van der Waals surface area contributed by atoms with E-state index in [0.717, 1.165) is 25.3 Å². The van der Waals surface area contributed by atoms with E-state index in [0.29, 0.717) is 0 Å². The molecule has 88 valence electrons. The number of hydrogen-bond donors (Lipinski definition) is 2. The van der Waals surface area contributed by atoms with Gasteiger partial charge in [0.1, 0.15) is 0 Å². The quantitative estimate of drug-likeness (QED) is 0.781. The monoisotopic (exact) mass is 238 g/mol. The molecule has 4 heteroatoms. The van der Waals surface area contributed by atoms with Gasteiger partial charge < -0.3 is 15.8 Å². The van der Waals surface area contributed by atoms with Gasteiger partial charge in [-0.3, -0.25) is 0 Å². The van der Waals surface area contributed by atoms with Crippen molar-refractivity contribution in [1.29, 1.82) is 0 Å². The lowest BCUT2D eigenvalue weighted by molar-refractivity contribution is 0.0122. The van der Waals surface area contributed by atoms with Gasteiger partial charge in [-0.2, -0.15) is 0 Å². The first-order valence-electron chi connectivity index (χ1n) is 5.53. The first-order valence-corrected chi connectivity index (χ1v) is 6.75. The summed E-state index contributed by atoms with van der Waals surface area (Å²) in [6, 6.07) is 8.36.